The van der Waals surface area contributed by atoms with E-state index in [1.54, 1.807) is 0 Å². The van der Waals surface area contributed by atoms with Gasteiger partial charge < -0.3 is 10.1 Å². The summed E-state index contributed by atoms with van der Waals surface area (Å²) in [7, 11) is 0. The number of hydrogen-bond acceptors (Lipinski definition) is 2. The molecule has 1 fully saturated rings. The number of nitrogens with one attached hydrogen (secondary N) is 1. The minimum absolute atomic E-state index is 0.238. The Morgan fingerprint density at radius 2 is 1.81 bits per heavy atom. The highest BCUT2D eigenvalue weighted by Crippen LogP contribution is 2.34. The average Bonchev–Trinajstić information content (AvgIpc) is 2.62. The first kappa shape index (κ1) is 19.2. The fourth-order valence-corrected chi connectivity index (χ4v) is 3.79. The van der Waals surface area contributed by atoms with Crippen LogP contribution in [0.1, 0.15) is 42.9 Å². The maximum atomic E-state index is 12.8. The molecule has 1 aliphatic rings. The summed E-state index contributed by atoms with van der Waals surface area (Å²) in [6.07, 6.45) is -0.373. The predicted molar refractivity (Wildman–Crippen MR) is 99.2 cm³/mol. The molecular formula is C20H21BrF3NO. The Labute approximate surface area is 159 Å². The lowest BCUT2D eigenvalue weighted by Crippen LogP contribution is -2.36. The summed E-state index contributed by atoms with van der Waals surface area (Å²) < 4.78 is 45.3. The van der Waals surface area contributed by atoms with E-state index in [1.165, 1.54) is 25.0 Å². The third-order valence-corrected chi connectivity index (χ3v) is 5.35. The minimum Gasteiger partial charge on any atom is -0.486 e. The van der Waals surface area contributed by atoms with E-state index in [2.05, 4.69) is 21.2 Å². The van der Waals surface area contributed by atoms with Gasteiger partial charge in [0.1, 0.15) is 11.9 Å². The molecule has 0 unspecified atom stereocenters. The highest BCUT2D eigenvalue weighted by molar-refractivity contribution is 9.10. The van der Waals surface area contributed by atoms with Crippen molar-refractivity contribution >= 4 is 15.9 Å². The number of ether oxygens (including phenoxy) is 1. The molecule has 2 nitrogen and oxygen atoms in total. The molecule has 2 atom stereocenters. The lowest BCUT2D eigenvalue weighted by Gasteiger charge is -2.29. The second kappa shape index (κ2) is 8.44. The molecule has 1 aliphatic heterocycles. The zero-order valence-electron chi connectivity index (χ0n) is 14.2. The van der Waals surface area contributed by atoms with Crippen LogP contribution in [-0.4, -0.2) is 12.6 Å². The molecule has 0 bridgehead atoms. The molecule has 1 saturated heterocycles. The van der Waals surface area contributed by atoms with Gasteiger partial charge in [0, 0.05) is 22.5 Å². The van der Waals surface area contributed by atoms with Gasteiger partial charge in [-0.05, 0) is 49.7 Å². The Balaban J connectivity index is 1.80. The van der Waals surface area contributed by atoms with Crippen molar-refractivity contribution in [2.45, 2.75) is 44.0 Å². The van der Waals surface area contributed by atoms with Crippen LogP contribution in [0.4, 0.5) is 13.2 Å². The van der Waals surface area contributed by atoms with Crippen molar-refractivity contribution in [3.8, 4) is 5.75 Å². The van der Waals surface area contributed by atoms with Crippen LogP contribution < -0.4 is 10.1 Å². The summed E-state index contributed by atoms with van der Waals surface area (Å²) >= 11 is 3.56. The monoisotopic (exact) mass is 427 g/mol. The van der Waals surface area contributed by atoms with Crippen LogP contribution in [-0.2, 0) is 6.18 Å². The second-order valence-electron chi connectivity index (χ2n) is 6.53. The zero-order chi connectivity index (χ0) is 18.6. The number of hydrogen-bond donors (Lipinski definition) is 1. The molecule has 1 N–H and O–H groups in total. The summed E-state index contributed by atoms with van der Waals surface area (Å²) in [5.74, 6) is 0.439. The molecule has 0 saturated carbocycles. The Bertz CT molecular complexity index is 712. The van der Waals surface area contributed by atoms with Crippen LogP contribution in [0, 0.1) is 0 Å². The third-order valence-electron chi connectivity index (χ3n) is 4.62. The lowest BCUT2D eigenvalue weighted by molar-refractivity contribution is -0.137. The molecular weight excluding hydrogens is 407 g/mol. The van der Waals surface area contributed by atoms with Gasteiger partial charge in [-0.2, -0.15) is 13.2 Å². The Kier molecular flexibility index (Phi) is 6.24. The third kappa shape index (κ3) is 5.01. The van der Waals surface area contributed by atoms with Crippen molar-refractivity contribution in [3.05, 3.63) is 64.1 Å². The maximum Gasteiger partial charge on any atom is 0.416 e. The number of piperidine rings is 1. The van der Waals surface area contributed by atoms with Crippen LogP contribution in [0.15, 0.2) is 53.0 Å². The Morgan fingerprint density at radius 1 is 1.08 bits per heavy atom. The van der Waals surface area contributed by atoms with Gasteiger partial charge in [0.25, 0.3) is 0 Å². The van der Waals surface area contributed by atoms with Crippen molar-refractivity contribution in [3.63, 3.8) is 0 Å². The normalized spacial score (nSPS) is 19.2. The van der Waals surface area contributed by atoms with Crippen LogP contribution >= 0.6 is 15.9 Å². The summed E-state index contributed by atoms with van der Waals surface area (Å²) in [6, 6.07) is 13.1. The fraction of sp³-hybridized carbons (Fsp3) is 0.400. The van der Waals surface area contributed by atoms with Gasteiger partial charge in [0.15, 0.2) is 0 Å². The quantitative estimate of drug-likeness (QED) is 0.620. The second-order valence-corrected chi connectivity index (χ2v) is 7.39. The highest BCUT2D eigenvalue weighted by atomic mass is 79.9. The number of benzene rings is 2. The molecule has 140 valence electrons. The molecule has 0 aliphatic carbocycles. The molecule has 1 heterocycles. The summed E-state index contributed by atoms with van der Waals surface area (Å²) in [5, 5.41) is 3.51. The minimum atomic E-state index is -4.34. The topological polar surface area (TPSA) is 21.3 Å². The standard InChI is InChI=1S/C20H21BrF3NO/c21-18-7-2-1-6-17(18)19(13-15-5-3-4-12-25-15)26-16-10-8-14(9-11-16)20(22,23)24/h1-2,6-11,15,19,25H,3-5,12-13H2/t15-,19+/m0/s1. The van der Waals surface area contributed by atoms with Crippen molar-refractivity contribution in [2.24, 2.45) is 0 Å². The molecule has 3 rings (SSSR count). The van der Waals surface area contributed by atoms with Gasteiger partial charge in [0.2, 0.25) is 0 Å². The van der Waals surface area contributed by atoms with Crippen molar-refractivity contribution in [2.75, 3.05) is 6.54 Å². The zero-order valence-corrected chi connectivity index (χ0v) is 15.8. The fourth-order valence-electron chi connectivity index (χ4n) is 3.25. The molecule has 2 aromatic carbocycles. The molecule has 6 heteroatoms. The highest BCUT2D eigenvalue weighted by Gasteiger charge is 2.30. The molecule has 26 heavy (non-hydrogen) atoms. The predicted octanol–water partition coefficient (Wildman–Crippen LogP) is 6.12. The van der Waals surface area contributed by atoms with E-state index in [1.807, 2.05) is 24.3 Å². The first-order valence-corrected chi connectivity index (χ1v) is 9.54. The number of rotatable bonds is 5. The van der Waals surface area contributed by atoms with Crippen LogP contribution in [0.25, 0.3) is 0 Å². The van der Waals surface area contributed by atoms with E-state index in [0.717, 1.165) is 41.6 Å². The smallest absolute Gasteiger partial charge is 0.416 e. The SMILES string of the molecule is FC(F)(F)c1ccc(O[C@H](C[C@@H]2CCCCN2)c2ccccc2Br)cc1. The molecule has 2 aromatic rings. The Morgan fingerprint density at radius 3 is 2.42 bits per heavy atom. The van der Waals surface area contributed by atoms with Crippen molar-refractivity contribution < 1.29 is 17.9 Å². The largest absolute Gasteiger partial charge is 0.486 e. The van der Waals surface area contributed by atoms with Gasteiger partial charge in [-0.1, -0.05) is 40.5 Å². The summed E-state index contributed by atoms with van der Waals surface area (Å²) in [5.41, 5.74) is 0.330. The summed E-state index contributed by atoms with van der Waals surface area (Å²) in [6.45, 7) is 0.994. The van der Waals surface area contributed by atoms with Gasteiger partial charge >= 0.3 is 6.18 Å². The van der Waals surface area contributed by atoms with E-state index < -0.39 is 11.7 Å². The summed E-state index contributed by atoms with van der Waals surface area (Å²) in [4.78, 5) is 0. The number of halogens is 4. The van der Waals surface area contributed by atoms with Crippen molar-refractivity contribution in [1.29, 1.82) is 0 Å². The van der Waals surface area contributed by atoms with Crippen LogP contribution in [0.3, 0.4) is 0 Å². The molecule has 0 radical (unpaired) electrons. The average molecular weight is 428 g/mol. The lowest BCUT2D eigenvalue weighted by atomic mass is 9.95. The van der Waals surface area contributed by atoms with E-state index in [9.17, 15) is 13.2 Å². The Hall–Kier alpha value is -1.53. The van der Waals surface area contributed by atoms with Crippen molar-refractivity contribution in [1.82, 2.24) is 5.32 Å². The molecule has 0 amide bonds. The van der Waals surface area contributed by atoms with Crippen LogP contribution in [0.2, 0.25) is 0 Å². The van der Waals surface area contributed by atoms with Gasteiger partial charge in [-0.25, -0.2) is 0 Å². The first-order valence-electron chi connectivity index (χ1n) is 8.75. The van der Waals surface area contributed by atoms with Gasteiger partial charge in [-0.15, -0.1) is 0 Å². The van der Waals surface area contributed by atoms with E-state index in [-0.39, 0.29) is 6.10 Å². The van der Waals surface area contributed by atoms with E-state index in [0.29, 0.717) is 11.8 Å². The van der Waals surface area contributed by atoms with Crippen LogP contribution in [0.5, 0.6) is 5.75 Å². The van der Waals surface area contributed by atoms with Gasteiger partial charge in [0.05, 0.1) is 5.56 Å². The molecule has 0 spiro atoms. The van der Waals surface area contributed by atoms with Gasteiger partial charge in [-0.3, -0.25) is 0 Å². The van der Waals surface area contributed by atoms with E-state index >= 15 is 0 Å². The first-order chi connectivity index (χ1) is 12.4. The maximum absolute atomic E-state index is 12.8. The number of alkyl halides is 3. The molecule has 0 aromatic heterocycles. The van der Waals surface area contributed by atoms with E-state index in [4.69, 9.17) is 4.74 Å².